The van der Waals surface area contributed by atoms with Crippen LogP contribution in [0.15, 0.2) is 48.5 Å². The molecule has 1 fully saturated rings. The average Bonchev–Trinajstić information content (AvgIpc) is 2.81. The van der Waals surface area contributed by atoms with Crippen LogP contribution in [0.5, 0.6) is 0 Å². The Hall–Kier alpha value is -2.65. The smallest absolute Gasteiger partial charge is 0.244 e. The molecule has 3 rings (SSSR count). The molecule has 1 N–H and O–H groups in total. The molecular weight excluding hydrogens is 493 g/mol. The average molecular weight is 524 g/mol. The highest BCUT2D eigenvalue weighted by Gasteiger charge is 2.31. The molecule has 0 heterocycles. The van der Waals surface area contributed by atoms with Gasteiger partial charge in [-0.1, -0.05) is 49.1 Å². The summed E-state index contributed by atoms with van der Waals surface area (Å²) in [6, 6.07) is 11.1. The predicted octanol–water partition coefficient (Wildman–Crippen LogP) is 4.11. The molecule has 1 aliphatic carbocycles. The Morgan fingerprint density at radius 3 is 2.37 bits per heavy atom. The summed E-state index contributed by atoms with van der Waals surface area (Å²) < 4.78 is 39.7. The fourth-order valence-corrected chi connectivity index (χ4v) is 5.15. The maximum absolute atomic E-state index is 13.8. The molecule has 190 valence electrons. The van der Waals surface area contributed by atoms with Crippen LogP contribution >= 0.6 is 11.6 Å². The van der Waals surface area contributed by atoms with Crippen molar-refractivity contribution in [3.63, 3.8) is 0 Å². The lowest BCUT2D eigenvalue weighted by Gasteiger charge is -2.33. The van der Waals surface area contributed by atoms with Gasteiger partial charge in [-0.2, -0.15) is 0 Å². The summed E-state index contributed by atoms with van der Waals surface area (Å²) in [6.45, 7) is 1.13. The highest BCUT2D eigenvalue weighted by Crippen LogP contribution is 2.21. The van der Waals surface area contributed by atoms with Crippen molar-refractivity contribution in [1.29, 1.82) is 0 Å². The Balaban J connectivity index is 1.86. The minimum Gasteiger partial charge on any atom is -0.352 e. The Morgan fingerprint density at radius 1 is 1.11 bits per heavy atom. The highest BCUT2D eigenvalue weighted by atomic mass is 35.5. The molecule has 1 atom stereocenters. The van der Waals surface area contributed by atoms with E-state index in [9.17, 15) is 22.4 Å². The first kappa shape index (κ1) is 26.9. The molecule has 0 unspecified atom stereocenters. The Bertz CT molecular complexity index is 1140. The van der Waals surface area contributed by atoms with Crippen molar-refractivity contribution in [2.45, 2.75) is 57.7 Å². The number of amides is 2. The summed E-state index contributed by atoms with van der Waals surface area (Å²) >= 11 is 5.98. The number of anilines is 1. The van der Waals surface area contributed by atoms with E-state index in [0.717, 1.165) is 54.3 Å². The van der Waals surface area contributed by atoms with E-state index in [1.807, 2.05) is 0 Å². The van der Waals surface area contributed by atoms with Crippen LogP contribution in [0, 0.1) is 5.82 Å². The van der Waals surface area contributed by atoms with E-state index in [1.165, 1.54) is 23.1 Å². The van der Waals surface area contributed by atoms with Gasteiger partial charge in [0.05, 0.1) is 11.9 Å². The molecule has 2 aromatic carbocycles. The number of nitrogens with one attached hydrogen (secondary N) is 1. The molecule has 35 heavy (non-hydrogen) atoms. The van der Waals surface area contributed by atoms with Crippen molar-refractivity contribution in [1.82, 2.24) is 10.2 Å². The molecular formula is C25H31ClFN3O4S. The Kier molecular flexibility index (Phi) is 9.13. The third-order valence-corrected chi connectivity index (χ3v) is 7.55. The van der Waals surface area contributed by atoms with Gasteiger partial charge in [0.15, 0.2) is 0 Å². The summed E-state index contributed by atoms with van der Waals surface area (Å²) in [5.41, 5.74) is 0.767. The highest BCUT2D eigenvalue weighted by molar-refractivity contribution is 7.92. The first-order valence-corrected chi connectivity index (χ1v) is 13.8. The second kappa shape index (κ2) is 11.9. The van der Waals surface area contributed by atoms with E-state index < -0.39 is 34.3 Å². The maximum atomic E-state index is 13.8. The van der Waals surface area contributed by atoms with Gasteiger partial charge >= 0.3 is 0 Å². The monoisotopic (exact) mass is 523 g/mol. The number of hydrogen-bond donors (Lipinski definition) is 1. The van der Waals surface area contributed by atoms with E-state index in [0.29, 0.717) is 5.02 Å². The van der Waals surface area contributed by atoms with Crippen LogP contribution in [0.25, 0.3) is 0 Å². The molecule has 0 saturated heterocycles. The minimum atomic E-state index is -3.91. The van der Waals surface area contributed by atoms with E-state index in [-0.39, 0.29) is 24.2 Å². The summed E-state index contributed by atoms with van der Waals surface area (Å²) in [5.74, 6) is -1.50. The van der Waals surface area contributed by atoms with Gasteiger partial charge in [0, 0.05) is 17.6 Å². The molecule has 2 aromatic rings. The summed E-state index contributed by atoms with van der Waals surface area (Å²) in [5, 5.41) is 3.57. The van der Waals surface area contributed by atoms with Crippen molar-refractivity contribution >= 4 is 39.1 Å². The van der Waals surface area contributed by atoms with Crippen molar-refractivity contribution in [2.24, 2.45) is 0 Å². The molecule has 0 bridgehead atoms. The number of rotatable bonds is 9. The van der Waals surface area contributed by atoms with Gasteiger partial charge in [-0.25, -0.2) is 12.8 Å². The van der Waals surface area contributed by atoms with Gasteiger partial charge in [0.1, 0.15) is 18.4 Å². The zero-order valence-electron chi connectivity index (χ0n) is 19.9. The molecule has 10 heteroatoms. The molecule has 1 saturated carbocycles. The van der Waals surface area contributed by atoms with Gasteiger partial charge in [0.2, 0.25) is 21.8 Å². The third kappa shape index (κ3) is 7.67. The van der Waals surface area contributed by atoms with E-state index in [1.54, 1.807) is 31.2 Å². The van der Waals surface area contributed by atoms with Gasteiger partial charge in [-0.15, -0.1) is 0 Å². The predicted molar refractivity (Wildman–Crippen MR) is 135 cm³/mol. The molecule has 2 amide bonds. The molecule has 7 nitrogen and oxygen atoms in total. The summed E-state index contributed by atoms with van der Waals surface area (Å²) in [6.07, 6.45) is 5.97. The van der Waals surface area contributed by atoms with Crippen LogP contribution in [0.1, 0.15) is 44.6 Å². The molecule has 0 spiro atoms. The van der Waals surface area contributed by atoms with Gasteiger partial charge < -0.3 is 10.2 Å². The number of halogens is 2. The number of nitrogens with zero attached hydrogens (tertiary/aromatic N) is 2. The van der Waals surface area contributed by atoms with Gasteiger partial charge in [0.25, 0.3) is 0 Å². The fraction of sp³-hybridized carbons (Fsp3) is 0.440. The largest absolute Gasteiger partial charge is 0.352 e. The second-order valence-electron chi connectivity index (χ2n) is 8.92. The van der Waals surface area contributed by atoms with Crippen LogP contribution in [-0.4, -0.2) is 50.0 Å². The lowest BCUT2D eigenvalue weighted by molar-refractivity contribution is -0.139. The first-order chi connectivity index (χ1) is 16.5. The van der Waals surface area contributed by atoms with Gasteiger partial charge in [-0.05, 0) is 55.7 Å². The van der Waals surface area contributed by atoms with Crippen LogP contribution in [0.3, 0.4) is 0 Å². The van der Waals surface area contributed by atoms with Crippen molar-refractivity contribution in [3.8, 4) is 0 Å². The molecule has 1 aliphatic rings. The lowest BCUT2D eigenvalue weighted by Crippen LogP contribution is -2.52. The lowest BCUT2D eigenvalue weighted by atomic mass is 9.95. The second-order valence-corrected chi connectivity index (χ2v) is 11.3. The standard InChI is InChI=1S/C25H31ClFN3O4S/c1-18(25(32)28-22-8-4-3-5-9-22)29(16-19-11-13-20(26)14-12-19)24(31)17-30(35(2,33)34)23-10-6-7-21(27)15-23/h6-7,10-15,18,22H,3-5,8-9,16-17H2,1-2H3,(H,28,32)/t18-/m1/s1. The summed E-state index contributed by atoms with van der Waals surface area (Å²) in [4.78, 5) is 27.9. The quantitative estimate of drug-likeness (QED) is 0.536. The van der Waals surface area contributed by atoms with Crippen LogP contribution in [-0.2, 0) is 26.2 Å². The van der Waals surface area contributed by atoms with Crippen molar-refractivity contribution in [2.75, 3.05) is 17.1 Å². The SMILES string of the molecule is C[C@H](C(=O)NC1CCCCC1)N(Cc1ccc(Cl)cc1)C(=O)CN(c1cccc(F)c1)S(C)(=O)=O. The molecule has 0 radical (unpaired) electrons. The Morgan fingerprint density at radius 2 is 1.77 bits per heavy atom. The zero-order chi connectivity index (χ0) is 25.6. The Labute approximate surface area is 211 Å². The number of benzene rings is 2. The number of carbonyl (C=O) groups is 2. The summed E-state index contributed by atoms with van der Waals surface area (Å²) in [7, 11) is -3.91. The van der Waals surface area contributed by atoms with Crippen LogP contribution in [0.4, 0.5) is 10.1 Å². The fourth-order valence-electron chi connectivity index (χ4n) is 4.18. The number of hydrogen-bond acceptors (Lipinski definition) is 4. The van der Waals surface area contributed by atoms with Crippen LogP contribution < -0.4 is 9.62 Å². The van der Waals surface area contributed by atoms with Crippen LogP contribution in [0.2, 0.25) is 5.02 Å². The molecule has 0 aromatic heterocycles. The normalized spacial score (nSPS) is 15.3. The zero-order valence-corrected chi connectivity index (χ0v) is 21.5. The van der Waals surface area contributed by atoms with E-state index in [2.05, 4.69) is 5.32 Å². The minimum absolute atomic E-state index is 0.0339. The third-order valence-electron chi connectivity index (χ3n) is 6.16. The molecule has 0 aliphatic heterocycles. The first-order valence-electron chi connectivity index (χ1n) is 11.6. The maximum Gasteiger partial charge on any atom is 0.244 e. The van der Waals surface area contributed by atoms with Crippen molar-refractivity contribution in [3.05, 3.63) is 64.9 Å². The van der Waals surface area contributed by atoms with E-state index >= 15 is 0 Å². The topological polar surface area (TPSA) is 86.8 Å². The number of carbonyl (C=O) groups excluding carboxylic acids is 2. The van der Waals surface area contributed by atoms with Crippen molar-refractivity contribution < 1.29 is 22.4 Å². The van der Waals surface area contributed by atoms with Gasteiger partial charge in [-0.3, -0.25) is 13.9 Å². The van der Waals surface area contributed by atoms with E-state index in [4.69, 9.17) is 11.6 Å². The number of sulfonamides is 1.